The van der Waals surface area contributed by atoms with Crippen LogP contribution in [0.2, 0.25) is 0 Å². The minimum absolute atomic E-state index is 0.531. The lowest BCUT2D eigenvalue weighted by Gasteiger charge is -2.03. The summed E-state index contributed by atoms with van der Waals surface area (Å²) in [7, 11) is -5.23. The summed E-state index contributed by atoms with van der Waals surface area (Å²) in [5.74, 6) is 0. The van der Waals surface area contributed by atoms with Gasteiger partial charge in [0.1, 0.15) is 11.2 Å². The lowest BCUT2D eigenvalue weighted by Crippen LogP contribution is -2.22. The second kappa shape index (κ2) is 2.51. The number of rotatable bonds is 1. The van der Waals surface area contributed by atoms with E-state index < -0.39 is 20.2 Å². The molecule has 0 bridgehead atoms. The van der Waals surface area contributed by atoms with E-state index in [0.29, 0.717) is 6.26 Å². The Kier molecular flexibility index (Phi) is 1.91. The van der Waals surface area contributed by atoms with Crippen LogP contribution in [0.4, 0.5) is 13.2 Å². The Labute approximate surface area is 65.7 Å². The summed E-state index contributed by atoms with van der Waals surface area (Å²) in [4.78, 5) is -0.880. The highest BCUT2D eigenvalue weighted by atomic mass is 32.2. The quantitative estimate of drug-likeness (QED) is 0.691. The Morgan fingerprint density at radius 2 is 1.92 bits per heavy atom. The number of hydrogen-bond donors (Lipinski definition) is 0. The van der Waals surface area contributed by atoms with Gasteiger partial charge in [0.25, 0.3) is 9.84 Å². The highest BCUT2D eigenvalue weighted by molar-refractivity contribution is 7.92. The maximum atomic E-state index is 11.8. The third kappa shape index (κ3) is 1.31. The molecule has 0 radical (unpaired) electrons. The molecule has 0 aliphatic rings. The lowest BCUT2D eigenvalue weighted by atomic mass is 10.7. The Morgan fingerprint density at radius 1 is 1.33 bits per heavy atom. The van der Waals surface area contributed by atoms with E-state index in [1.54, 1.807) is 0 Å². The fraction of sp³-hybridized carbons (Fsp3) is 0.200. The molecule has 0 unspecified atom stereocenters. The molecule has 1 aromatic heterocycles. The smallest absolute Gasteiger partial charge is 0.471 e. The molecule has 0 aliphatic carbocycles. The zero-order valence-electron chi connectivity index (χ0n) is 5.50. The molecular formula is C5H3F3O3S. The molecule has 1 aromatic rings. The van der Waals surface area contributed by atoms with Crippen LogP contribution in [0.25, 0.3) is 0 Å². The van der Waals surface area contributed by atoms with Gasteiger partial charge in [-0.05, 0) is 6.07 Å². The summed E-state index contributed by atoms with van der Waals surface area (Å²) in [6.45, 7) is 0. The van der Waals surface area contributed by atoms with Crippen molar-refractivity contribution < 1.29 is 26.0 Å². The number of furan rings is 1. The molecule has 3 nitrogen and oxygen atoms in total. The van der Waals surface area contributed by atoms with Crippen molar-refractivity contribution >= 4 is 9.84 Å². The van der Waals surface area contributed by atoms with Crippen molar-refractivity contribution in [1.82, 2.24) is 0 Å². The van der Waals surface area contributed by atoms with Gasteiger partial charge in [-0.1, -0.05) is 0 Å². The maximum Gasteiger partial charge on any atom is 0.502 e. The number of hydrogen-bond acceptors (Lipinski definition) is 3. The fourth-order valence-corrected chi connectivity index (χ4v) is 1.22. The van der Waals surface area contributed by atoms with E-state index in [0.717, 1.165) is 12.3 Å². The molecule has 12 heavy (non-hydrogen) atoms. The van der Waals surface area contributed by atoms with Crippen molar-refractivity contribution in [3.63, 3.8) is 0 Å². The van der Waals surface area contributed by atoms with E-state index in [2.05, 4.69) is 4.42 Å². The first-order valence-electron chi connectivity index (χ1n) is 2.69. The van der Waals surface area contributed by atoms with E-state index in [4.69, 9.17) is 0 Å². The molecule has 0 saturated heterocycles. The second-order valence-electron chi connectivity index (χ2n) is 1.91. The predicted molar refractivity (Wildman–Crippen MR) is 31.9 cm³/mol. The summed E-state index contributed by atoms with van der Waals surface area (Å²) < 4.78 is 60.6. The summed E-state index contributed by atoms with van der Waals surface area (Å²) in [5.41, 5.74) is -5.27. The highest BCUT2D eigenvalue weighted by Crippen LogP contribution is 2.29. The van der Waals surface area contributed by atoms with Crippen LogP contribution in [0.15, 0.2) is 27.9 Å². The number of alkyl halides is 3. The summed E-state index contributed by atoms with van der Waals surface area (Å²) >= 11 is 0. The first kappa shape index (κ1) is 9.11. The average Bonchev–Trinajstić information content (AvgIpc) is 2.34. The topological polar surface area (TPSA) is 47.3 Å². The minimum Gasteiger partial charge on any atom is -0.471 e. The molecule has 0 amide bonds. The largest absolute Gasteiger partial charge is 0.502 e. The van der Waals surface area contributed by atoms with Gasteiger partial charge in [0.2, 0.25) is 0 Å². The predicted octanol–water partition coefficient (Wildman–Crippen LogP) is 1.57. The van der Waals surface area contributed by atoms with Gasteiger partial charge in [0.15, 0.2) is 0 Å². The molecule has 1 rings (SSSR count). The Morgan fingerprint density at radius 3 is 2.25 bits per heavy atom. The lowest BCUT2D eigenvalue weighted by molar-refractivity contribution is -0.0436. The van der Waals surface area contributed by atoms with Gasteiger partial charge < -0.3 is 4.42 Å². The van der Waals surface area contributed by atoms with Gasteiger partial charge in [-0.15, -0.1) is 0 Å². The normalized spacial score (nSPS) is 13.2. The van der Waals surface area contributed by atoms with E-state index >= 15 is 0 Å². The van der Waals surface area contributed by atoms with Gasteiger partial charge in [-0.3, -0.25) is 0 Å². The summed E-state index contributed by atoms with van der Waals surface area (Å²) in [6, 6.07) is 0.739. The molecule has 0 fully saturated rings. The van der Waals surface area contributed by atoms with Crippen molar-refractivity contribution in [2.24, 2.45) is 0 Å². The third-order valence-corrected chi connectivity index (χ3v) is 2.57. The minimum atomic E-state index is -5.27. The van der Waals surface area contributed by atoms with Crippen LogP contribution in [0, 0.1) is 0 Å². The van der Waals surface area contributed by atoms with Crippen molar-refractivity contribution in [3.05, 3.63) is 18.6 Å². The van der Waals surface area contributed by atoms with E-state index in [9.17, 15) is 21.6 Å². The third-order valence-electron chi connectivity index (χ3n) is 1.11. The molecule has 1 heterocycles. The molecule has 0 spiro atoms. The molecule has 0 aliphatic heterocycles. The fourth-order valence-electron chi connectivity index (χ4n) is 0.539. The Balaban J connectivity index is 3.22. The van der Waals surface area contributed by atoms with Crippen LogP contribution in [0.1, 0.15) is 0 Å². The highest BCUT2D eigenvalue weighted by Gasteiger charge is 2.47. The molecule has 0 aromatic carbocycles. The monoisotopic (exact) mass is 200 g/mol. The SMILES string of the molecule is O=S(=O)(c1ccoc1)C(F)(F)F. The standard InChI is InChI=1S/C5H3F3O3S/c6-5(7,8)12(9,10)4-1-2-11-3-4/h1-3H. The van der Waals surface area contributed by atoms with E-state index in [1.165, 1.54) is 0 Å². The second-order valence-corrected chi connectivity index (χ2v) is 3.85. The van der Waals surface area contributed by atoms with Gasteiger partial charge in [-0.2, -0.15) is 13.2 Å². The molecule has 0 saturated carbocycles. The maximum absolute atomic E-state index is 11.8. The van der Waals surface area contributed by atoms with Crippen molar-refractivity contribution in [3.8, 4) is 0 Å². The Hall–Kier alpha value is -0.980. The van der Waals surface area contributed by atoms with E-state index in [-0.39, 0.29) is 0 Å². The van der Waals surface area contributed by atoms with Crippen LogP contribution in [-0.4, -0.2) is 13.9 Å². The van der Waals surface area contributed by atoms with Gasteiger partial charge in [0.05, 0.1) is 6.26 Å². The number of halogens is 3. The Bertz CT molecular complexity index is 348. The van der Waals surface area contributed by atoms with Crippen LogP contribution in [-0.2, 0) is 9.84 Å². The van der Waals surface area contributed by atoms with Gasteiger partial charge in [-0.25, -0.2) is 8.42 Å². The van der Waals surface area contributed by atoms with Gasteiger partial charge >= 0.3 is 5.51 Å². The first-order chi connectivity index (χ1) is 5.36. The molecule has 0 N–H and O–H groups in total. The van der Waals surface area contributed by atoms with Crippen LogP contribution >= 0.6 is 0 Å². The summed E-state index contributed by atoms with van der Waals surface area (Å²) in [5, 5.41) is 0. The van der Waals surface area contributed by atoms with E-state index in [1.807, 2.05) is 0 Å². The van der Waals surface area contributed by atoms with Gasteiger partial charge in [0, 0.05) is 0 Å². The van der Waals surface area contributed by atoms with Crippen molar-refractivity contribution in [2.45, 2.75) is 10.4 Å². The molecule has 0 atom stereocenters. The molecule has 68 valence electrons. The first-order valence-corrected chi connectivity index (χ1v) is 4.17. The zero-order chi connectivity index (χ0) is 9.41. The van der Waals surface area contributed by atoms with Crippen LogP contribution in [0.3, 0.4) is 0 Å². The van der Waals surface area contributed by atoms with Crippen LogP contribution in [0.5, 0.6) is 0 Å². The zero-order valence-corrected chi connectivity index (χ0v) is 6.32. The van der Waals surface area contributed by atoms with Crippen molar-refractivity contribution in [1.29, 1.82) is 0 Å². The molecule has 7 heteroatoms. The average molecular weight is 200 g/mol. The number of sulfone groups is 1. The molecular weight excluding hydrogens is 197 g/mol. The van der Waals surface area contributed by atoms with Crippen molar-refractivity contribution in [2.75, 3.05) is 0 Å². The summed E-state index contributed by atoms with van der Waals surface area (Å²) in [6.07, 6.45) is 1.39. The van der Waals surface area contributed by atoms with Crippen LogP contribution < -0.4 is 0 Å².